The highest BCUT2D eigenvalue weighted by Gasteiger charge is 2.41. The summed E-state index contributed by atoms with van der Waals surface area (Å²) >= 11 is 0. The fourth-order valence-electron chi connectivity index (χ4n) is 12.9. The maximum absolute atomic E-state index is 12.6. The van der Waals surface area contributed by atoms with Gasteiger partial charge in [-0.2, -0.15) is 0 Å². The fraction of sp³-hybridized carbons (Fsp3) is 0.667. The third-order valence-electron chi connectivity index (χ3n) is 16.4. The van der Waals surface area contributed by atoms with E-state index in [4.69, 9.17) is 0 Å². The summed E-state index contributed by atoms with van der Waals surface area (Å²) in [6.45, 7) is 18.7. The van der Waals surface area contributed by atoms with Crippen LogP contribution in [0.4, 0.5) is 0 Å². The van der Waals surface area contributed by atoms with E-state index in [2.05, 4.69) is 56.2 Å². The third-order valence-corrected chi connectivity index (χ3v) is 16.4. The number of carbonyl (C=O) groups is 1. The molecule has 69 heavy (non-hydrogen) atoms. The van der Waals surface area contributed by atoms with Crippen molar-refractivity contribution in [3.63, 3.8) is 0 Å². The summed E-state index contributed by atoms with van der Waals surface area (Å²) in [6, 6.07) is 12.9. The van der Waals surface area contributed by atoms with Gasteiger partial charge in [0.1, 0.15) is 5.78 Å². The van der Waals surface area contributed by atoms with Crippen molar-refractivity contribution >= 4 is 5.78 Å². The van der Waals surface area contributed by atoms with Crippen LogP contribution < -0.4 is 0 Å². The SMILES string of the molecule is CC(C)CC1CN2CCc3cc(CO)c(CO)cc3C2CC1=O.CC(C)CC1CN2CCc3cc(CO)c(CO)cc3C2CC1O.CC(C)C[C@@H]1CN2CCc3cc(CO)c(CO)cc3[C@H]2C[C@@H]1O. The monoisotopic (exact) mass is 956 g/mol. The summed E-state index contributed by atoms with van der Waals surface area (Å²) in [5.74, 6) is 3.04. The van der Waals surface area contributed by atoms with Crippen LogP contribution in [0, 0.1) is 35.5 Å². The van der Waals surface area contributed by atoms with Crippen LogP contribution in [0.25, 0.3) is 0 Å². The Balaban J connectivity index is 0.000000153. The number of carbonyl (C=O) groups excluding carboxylic acids is 1. The molecule has 9 rings (SSSR count). The average Bonchev–Trinajstić information content (AvgIpc) is 3.33. The van der Waals surface area contributed by atoms with Gasteiger partial charge < -0.3 is 40.9 Å². The second-order valence-corrected chi connectivity index (χ2v) is 22.6. The van der Waals surface area contributed by atoms with Gasteiger partial charge in [0.15, 0.2) is 0 Å². The molecule has 0 amide bonds. The number of piperidine rings is 3. The summed E-state index contributed by atoms with van der Waals surface area (Å²) in [4.78, 5) is 20.0. The summed E-state index contributed by atoms with van der Waals surface area (Å²) in [5.41, 5.74) is 12.3. The van der Waals surface area contributed by atoms with Gasteiger partial charge >= 0.3 is 0 Å². The van der Waals surface area contributed by atoms with Crippen LogP contribution in [-0.2, 0) is 63.7 Å². The van der Waals surface area contributed by atoms with Crippen LogP contribution in [0.5, 0.6) is 0 Å². The van der Waals surface area contributed by atoms with E-state index in [1.54, 1.807) is 0 Å². The van der Waals surface area contributed by atoms with Crippen LogP contribution in [0.2, 0.25) is 0 Å². The standard InChI is InChI=1S/2C19H29NO3.C19H27NO3/c3*1-12(2)5-14-9-20-4-3-13-6-15(10-21)16(11-22)7-17(13)18(20)8-19(14)23/h2*6-7,12,14,18-19,21-23H,3-5,8-11H2,1-2H3;6-7,12,14,18,21-22H,3-5,8-11H2,1-2H3/t14-,18-,19+;;/m1../s1. The lowest BCUT2D eigenvalue weighted by Crippen LogP contribution is -2.48. The Bertz CT molecular complexity index is 2100. The van der Waals surface area contributed by atoms with Gasteiger partial charge in [-0.15, -0.1) is 0 Å². The smallest absolute Gasteiger partial charge is 0.139 e. The Kier molecular flexibility index (Phi) is 18.7. The molecule has 0 radical (unpaired) electrons. The van der Waals surface area contributed by atoms with Crippen molar-refractivity contribution in [3.8, 4) is 0 Å². The molecule has 3 saturated heterocycles. The number of ketones is 1. The van der Waals surface area contributed by atoms with E-state index in [-0.39, 0.29) is 75.9 Å². The summed E-state index contributed by atoms with van der Waals surface area (Å²) in [6.07, 6.45) is 7.65. The van der Waals surface area contributed by atoms with Crippen molar-refractivity contribution in [2.75, 3.05) is 39.3 Å². The number of Topliss-reactive ketones (excluding diaryl/α,β-unsaturated/α-hetero) is 1. The molecule has 8 atom stereocenters. The van der Waals surface area contributed by atoms with Crippen LogP contribution in [-0.4, -0.2) is 113 Å². The van der Waals surface area contributed by atoms with Crippen LogP contribution in [0.1, 0.15) is 165 Å². The molecule has 3 aromatic rings. The molecule has 0 aromatic heterocycles. The first kappa shape index (κ1) is 53.7. The van der Waals surface area contributed by atoms with Crippen molar-refractivity contribution < 1.29 is 45.6 Å². The largest absolute Gasteiger partial charge is 0.393 e. The van der Waals surface area contributed by atoms with Gasteiger partial charge in [-0.1, -0.05) is 77.9 Å². The zero-order valence-electron chi connectivity index (χ0n) is 42.5. The molecule has 3 fully saturated rings. The van der Waals surface area contributed by atoms with Crippen LogP contribution in [0.3, 0.4) is 0 Å². The molecule has 12 nitrogen and oxygen atoms in total. The zero-order chi connectivity index (χ0) is 49.7. The molecule has 12 heteroatoms. The molecule has 0 aliphatic carbocycles. The number of nitrogens with zero attached hydrogens (tertiary/aromatic N) is 3. The maximum atomic E-state index is 12.6. The number of hydrogen-bond acceptors (Lipinski definition) is 12. The predicted octanol–water partition coefficient (Wildman–Crippen LogP) is 6.20. The molecule has 0 spiro atoms. The molecule has 6 aliphatic heterocycles. The van der Waals surface area contributed by atoms with Crippen molar-refractivity contribution in [2.45, 2.75) is 169 Å². The molecule has 5 unspecified atom stereocenters. The topological polar surface area (TPSA) is 189 Å². The normalized spacial score (nSPS) is 26.8. The molecular weight excluding hydrogens is 871 g/mol. The Morgan fingerprint density at radius 3 is 1.12 bits per heavy atom. The van der Waals surface area contributed by atoms with Gasteiger partial charge in [0.2, 0.25) is 0 Å². The van der Waals surface area contributed by atoms with Crippen molar-refractivity contribution in [3.05, 3.63) is 103 Å². The predicted molar refractivity (Wildman–Crippen MR) is 269 cm³/mol. The molecule has 6 aliphatic rings. The Morgan fingerprint density at radius 2 is 0.783 bits per heavy atom. The van der Waals surface area contributed by atoms with E-state index in [0.717, 1.165) is 124 Å². The van der Waals surface area contributed by atoms with E-state index in [1.165, 1.54) is 33.4 Å². The average molecular weight is 956 g/mol. The molecule has 0 bridgehead atoms. The van der Waals surface area contributed by atoms with Gasteiger partial charge in [-0.05, 0) is 148 Å². The van der Waals surface area contributed by atoms with E-state index in [9.17, 15) is 45.6 Å². The second kappa shape index (κ2) is 24.1. The van der Waals surface area contributed by atoms with Gasteiger partial charge in [-0.3, -0.25) is 19.5 Å². The van der Waals surface area contributed by atoms with Gasteiger partial charge in [0.05, 0.1) is 51.8 Å². The van der Waals surface area contributed by atoms with Crippen molar-refractivity contribution in [2.24, 2.45) is 35.5 Å². The number of aliphatic hydroxyl groups is 8. The number of hydrogen-bond donors (Lipinski definition) is 8. The van der Waals surface area contributed by atoms with Crippen LogP contribution in [0.15, 0.2) is 36.4 Å². The number of rotatable bonds is 12. The van der Waals surface area contributed by atoms with Crippen molar-refractivity contribution in [1.82, 2.24) is 14.7 Å². The first-order valence-electron chi connectivity index (χ1n) is 26.3. The lowest BCUT2D eigenvalue weighted by Gasteiger charge is -2.46. The second-order valence-electron chi connectivity index (χ2n) is 22.6. The third kappa shape index (κ3) is 12.4. The number of fused-ring (bicyclic) bond motifs is 9. The number of benzene rings is 3. The van der Waals surface area contributed by atoms with E-state index >= 15 is 0 Å². The van der Waals surface area contributed by atoms with Gasteiger partial charge in [0, 0.05) is 69.7 Å². The highest BCUT2D eigenvalue weighted by molar-refractivity contribution is 5.83. The van der Waals surface area contributed by atoms with Crippen molar-refractivity contribution in [1.29, 1.82) is 0 Å². The van der Waals surface area contributed by atoms with Gasteiger partial charge in [0.25, 0.3) is 0 Å². The maximum Gasteiger partial charge on any atom is 0.139 e. The zero-order valence-corrected chi connectivity index (χ0v) is 42.5. The fourth-order valence-corrected chi connectivity index (χ4v) is 12.9. The first-order valence-corrected chi connectivity index (χ1v) is 26.3. The molecular formula is C57H85N3O9. The van der Waals surface area contributed by atoms with Crippen LogP contribution >= 0.6 is 0 Å². The van der Waals surface area contributed by atoms with Gasteiger partial charge in [-0.25, -0.2) is 0 Å². The molecule has 3 aromatic carbocycles. The Hall–Kier alpha value is -3.11. The molecule has 6 heterocycles. The highest BCUT2D eigenvalue weighted by Crippen LogP contribution is 2.43. The minimum absolute atomic E-state index is 0.0311. The first-order chi connectivity index (χ1) is 33.1. The quantitative estimate of drug-likeness (QED) is 0.103. The molecule has 8 N–H and O–H groups in total. The van der Waals surface area contributed by atoms with E-state index < -0.39 is 0 Å². The Morgan fingerprint density at radius 1 is 0.464 bits per heavy atom. The van der Waals surface area contributed by atoms with E-state index in [0.29, 0.717) is 41.8 Å². The lowest BCUT2D eigenvalue weighted by atomic mass is 9.78. The minimum atomic E-state index is -0.250. The Labute approximate surface area is 412 Å². The van der Waals surface area contributed by atoms with E-state index in [1.807, 2.05) is 36.4 Å². The lowest BCUT2D eigenvalue weighted by molar-refractivity contribution is -0.129. The number of aliphatic hydroxyl groups excluding tert-OH is 8. The minimum Gasteiger partial charge on any atom is -0.393 e. The summed E-state index contributed by atoms with van der Waals surface area (Å²) in [7, 11) is 0. The molecule has 0 saturated carbocycles. The molecule has 382 valence electrons. The summed E-state index contributed by atoms with van der Waals surface area (Å²) in [5, 5.41) is 78.3. The summed E-state index contributed by atoms with van der Waals surface area (Å²) < 4.78 is 0. The highest BCUT2D eigenvalue weighted by atomic mass is 16.3.